The van der Waals surface area contributed by atoms with Crippen molar-refractivity contribution in [1.82, 2.24) is 9.21 Å². The van der Waals surface area contributed by atoms with Crippen LogP contribution in [-0.2, 0) is 14.8 Å². The lowest BCUT2D eigenvalue weighted by Crippen LogP contribution is -2.53. The number of carbonyl (C=O) groups excluding carboxylic acids is 1. The highest BCUT2D eigenvalue weighted by atomic mass is 32.2. The molecule has 3 rings (SSSR count). The van der Waals surface area contributed by atoms with Crippen molar-refractivity contribution < 1.29 is 17.9 Å². The number of piperazine rings is 1. The molecule has 7 heteroatoms. The molecule has 6 nitrogen and oxygen atoms in total. The second-order valence-electron chi connectivity index (χ2n) is 7.33. The Morgan fingerprint density at radius 1 is 1.03 bits per heavy atom. The van der Waals surface area contributed by atoms with Crippen LogP contribution in [0.15, 0.2) is 53.4 Å². The summed E-state index contributed by atoms with van der Waals surface area (Å²) in [6, 6.07) is 14.7. The van der Waals surface area contributed by atoms with Gasteiger partial charge in [-0.05, 0) is 49.6 Å². The number of aryl methyl sites for hydroxylation is 2. The first-order chi connectivity index (χ1) is 13.8. The summed E-state index contributed by atoms with van der Waals surface area (Å²) in [5.74, 6) is 0.559. The Labute approximate surface area is 173 Å². The van der Waals surface area contributed by atoms with Crippen LogP contribution in [0.2, 0.25) is 0 Å². The van der Waals surface area contributed by atoms with Crippen LogP contribution in [0, 0.1) is 13.8 Å². The van der Waals surface area contributed by atoms with E-state index >= 15 is 0 Å². The zero-order valence-corrected chi connectivity index (χ0v) is 18.0. The molecule has 0 bridgehead atoms. The summed E-state index contributed by atoms with van der Waals surface area (Å²) in [6.45, 7) is 6.87. The predicted octanol–water partition coefficient (Wildman–Crippen LogP) is 2.99. The van der Waals surface area contributed by atoms with Gasteiger partial charge in [-0.15, -0.1) is 0 Å². The van der Waals surface area contributed by atoms with Gasteiger partial charge in [-0.3, -0.25) is 4.79 Å². The SMILES string of the molecule is CC[C@H](Oc1ccccc1)C(=O)N1CCN(S(=O)(=O)c2cc(C)ccc2C)CC1. The van der Waals surface area contributed by atoms with Crippen LogP contribution >= 0.6 is 0 Å². The number of amides is 1. The second-order valence-corrected chi connectivity index (χ2v) is 9.23. The van der Waals surface area contributed by atoms with Gasteiger partial charge in [0.2, 0.25) is 10.0 Å². The maximum absolute atomic E-state index is 13.1. The van der Waals surface area contributed by atoms with E-state index in [4.69, 9.17) is 4.74 Å². The van der Waals surface area contributed by atoms with Gasteiger partial charge in [0, 0.05) is 26.2 Å². The van der Waals surface area contributed by atoms with Crippen molar-refractivity contribution in [1.29, 1.82) is 0 Å². The summed E-state index contributed by atoms with van der Waals surface area (Å²) < 4.78 is 33.4. The van der Waals surface area contributed by atoms with E-state index in [0.717, 1.165) is 11.1 Å². The van der Waals surface area contributed by atoms with E-state index in [9.17, 15) is 13.2 Å². The predicted molar refractivity (Wildman–Crippen MR) is 112 cm³/mol. The van der Waals surface area contributed by atoms with Crippen molar-refractivity contribution in [2.24, 2.45) is 0 Å². The maximum Gasteiger partial charge on any atom is 0.263 e. The molecule has 1 aliphatic rings. The van der Waals surface area contributed by atoms with Crippen LogP contribution in [-0.4, -0.2) is 55.8 Å². The molecule has 1 saturated heterocycles. The first-order valence-electron chi connectivity index (χ1n) is 9.91. The number of para-hydroxylation sites is 1. The third-order valence-corrected chi connectivity index (χ3v) is 7.22. The van der Waals surface area contributed by atoms with Gasteiger partial charge in [0.05, 0.1) is 4.90 Å². The molecule has 1 heterocycles. The van der Waals surface area contributed by atoms with Crippen LogP contribution in [0.25, 0.3) is 0 Å². The normalized spacial score (nSPS) is 16.4. The molecule has 0 unspecified atom stereocenters. The smallest absolute Gasteiger partial charge is 0.263 e. The molecule has 0 saturated carbocycles. The summed E-state index contributed by atoms with van der Waals surface area (Å²) >= 11 is 0. The average molecular weight is 417 g/mol. The minimum absolute atomic E-state index is 0.0971. The molecule has 0 radical (unpaired) electrons. The lowest BCUT2D eigenvalue weighted by Gasteiger charge is -2.35. The summed E-state index contributed by atoms with van der Waals surface area (Å²) in [4.78, 5) is 14.9. The molecule has 0 aliphatic carbocycles. The lowest BCUT2D eigenvalue weighted by atomic mass is 10.2. The summed E-state index contributed by atoms with van der Waals surface area (Å²) in [7, 11) is -3.57. The van der Waals surface area contributed by atoms with Crippen molar-refractivity contribution in [3.05, 3.63) is 59.7 Å². The summed E-state index contributed by atoms with van der Waals surface area (Å²) in [6.07, 6.45) is -0.0195. The van der Waals surface area contributed by atoms with Gasteiger partial charge >= 0.3 is 0 Å². The second kappa shape index (κ2) is 8.97. The highest BCUT2D eigenvalue weighted by molar-refractivity contribution is 7.89. The van der Waals surface area contributed by atoms with Crippen LogP contribution in [0.5, 0.6) is 5.75 Å². The van der Waals surface area contributed by atoms with Crippen molar-refractivity contribution in [3.63, 3.8) is 0 Å². The standard InChI is InChI=1S/C22H28N2O4S/c1-4-20(28-19-8-6-5-7-9-19)22(25)23-12-14-24(15-13-23)29(26,27)21-16-17(2)10-11-18(21)3/h5-11,16,20H,4,12-15H2,1-3H3/t20-/m0/s1. The average Bonchev–Trinajstić information content (AvgIpc) is 2.74. The zero-order chi connectivity index (χ0) is 21.0. The van der Waals surface area contributed by atoms with E-state index in [1.807, 2.05) is 56.3 Å². The molecule has 29 heavy (non-hydrogen) atoms. The van der Waals surface area contributed by atoms with Crippen molar-refractivity contribution in [2.45, 2.75) is 38.2 Å². The third-order valence-electron chi connectivity index (χ3n) is 5.18. The van der Waals surface area contributed by atoms with Gasteiger partial charge in [-0.2, -0.15) is 4.31 Å². The molecule has 1 aliphatic heterocycles. The quantitative estimate of drug-likeness (QED) is 0.726. The fourth-order valence-electron chi connectivity index (χ4n) is 3.45. The van der Waals surface area contributed by atoms with E-state index in [1.165, 1.54) is 4.31 Å². The van der Waals surface area contributed by atoms with Crippen molar-refractivity contribution >= 4 is 15.9 Å². The highest BCUT2D eigenvalue weighted by Gasteiger charge is 2.33. The maximum atomic E-state index is 13.1. The molecule has 0 N–H and O–H groups in total. The van der Waals surface area contributed by atoms with Crippen LogP contribution in [0.1, 0.15) is 24.5 Å². The van der Waals surface area contributed by atoms with Gasteiger partial charge < -0.3 is 9.64 Å². The molecule has 2 aromatic rings. The van der Waals surface area contributed by atoms with E-state index < -0.39 is 16.1 Å². The van der Waals surface area contributed by atoms with Gasteiger partial charge in [0.15, 0.2) is 6.10 Å². The zero-order valence-electron chi connectivity index (χ0n) is 17.2. The fourth-order valence-corrected chi connectivity index (χ4v) is 5.18. The van der Waals surface area contributed by atoms with Gasteiger partial charge in [-0.25, -0.2) is 8.42 Å². The number of hydrogen-bond donors (Lipinski definition) is 0. The molecule has 2 aromatic carbocycles. The van der Waals surface area contributed by atoms with Gasteiger partial charge in [-0.1, -0.05) is 37.3 Å². The molecule has 1 amide bonds. The third kappa shape index (κ3) is 4.79. The Bertz CT molecular complexity index is 952. The van der Waals surface area contributed by atoms with Crippen LogP contribution in [0.3, 0.4) is 0 Å². The largest absolute Gasteiger partial charge is 0.481 e. The van der Waals surface area contributed by atoms with Crippen molar-refractivity contribution in [2.75, 3.05) is 26.2 Å². The minimum atomic E-state index is -3.57. The number of benzene rings is 2. The molecule has 1 atom stereocenters. The number of ether oxygens (including phenoxy) is 1. The molecule has 0 spiro atoms. The van der Waals surface area contributed by atoms with E-state index in [0.29, 0.717) is 30.2 Å². The molecule has 156 valence electrons. The number of sulfonamides is 1. The Morgan fingerprint density at radius 3 is 2.31 bits per heavy atom. The molecular formula is C22H28N2O4S. The Balaban J connectivity index is 1.66. The van der Waals surface area contributed by atoms with Gasteiger partial charge in [0.25, 0.3) is 5.91 Å². The Hall–Kier alpha value is -2.38. The summed E-state index contributed by atoms with van der Waals surface area (Å²) in [5, 5.41) is 0. The van der Waals surface area contributed by atoms with E-state index in [1.54, 1.807) is 17.9 Å². The van der Waals surface area contributed by atoms with Gasteiger partial charge in [0.1, 0.15) is 5.75 Å². The summed E-state index contributed by atoms with van der Waals surface area (Å²) in [5.41, 5.74) is 1.64. The van der Waals surface area contributed by atoms with E-state index in [-0.39, 0.29) is 19.0 Å². The monoisotopic (exact) mass is 416 g/mol. The Kier molecular flexibility index (Phi) is 6.59. The van der Waals surface area contributed by atoms with Crippen LogP contribution in [0.4, 0.5) is 0 Å². The topological polar surface area (TPSA) is 66.9 Å². The molecule has 0 aromatic heterocycles. The number of carbonyl (C=O) groups is 1. The Morgan fingerprint density at radius 2 is 1.69 bits per heavy atom. The van der Waals surface area contributed by atoms with E-state index in [2.05, 4.69) is 0 Å². The molecular weight excluding hydrogens is 388 g/mol. The van der Waals surface area contributed by atoms with Crippen LogP contribution < -0.4 is 4.74 Å². The fraction of sp³-hybridized carbons (Fsp3) is 0.409. The first kappa shape index (κ1) is 21.3. The highest BCUT2D eigenvalue weighted by Crippen LogP contribution is 2.23. The minimum Gasteiger partial charge on any atom is -0.481 e. The lowest BCUT2D eigenvalue weighted by molar-refractivity contribution is -0.140. The number of rotatable bonds is 6. The van der Waals surface area contributed by atoms with Crippen molar-refractivity contribution in [3.8, 4) is 5.75 Å². The number of nitrogens with zero attached hydrogens (tertiary/aromatic N) is 2. The molecule has 1 fully saturated rings. The number of hydrogen-bond acceptors (Lipinski definition) is 4. The first-order valence-corrected chi connectivity index (χ1v) is 11.3.